The van der Waals surface area contributed by atoms with Gasteiger partial charge in [0.2, 0.25) is 0 Å². The molecule has 30 heavy (non-hydrogen) atoms. The van der Waals surface area contributed by atoms with Crippen LogP contribution in [0.5, 0.6) is 5.75 Å². The lowest BCUT2D eigenvalue weighted by molar-refractivity contribution is 0.0964. The Hall–Kier alpha value is -3.85. The van der Waals surface area contributed by atoms with Gasteiger partial charge >= 0.3 is 0 Å². The summed E-state index contributed by atoms with van der Waals surface area (Å²) in [5.41, 5.74) is 3.53. The number of amides is 1. The molecule has 1 heterocycles. The van der Waals surface area contributed by atoms with E-state index in [-0.39, 0.29) is 11.9 Å². The number of rotatable bonds is 5. The number of fused-ring (bicyclic) bond motifs is 1. The van der Waals surface area contributed by atoms with E-state index in [4.69, 9.17) is 4.74 Å². The number of hydrogen-bond donors (Lipinski definition) is 2. The third-order valence-electron chi connectivity index (χ3n) is 5.16. The summed E-state index contributed by atoms with van der Waals surface area (Å²) >= 11 is 0. The van der Waals surface area contributed by atoms with Crippen LogP contribution in [0.3, 0.4) is 0 Å². The zero-order valence-corrected chi connectivity index (χ0v) is 16.7. The molecule has 0 saturated heterocycles. The maximum absolute atomic E-state index is 12.6. The predicted octanol–water partition coefficient (Wildman–Crippen LogP) is 4.39. The van der Waals surface area contributed by atoms with E-state index in [1.54, 1.807) is 37.4 Å². The number of allylic oxidation sites excluding steroid dienone is 1. The minimum absolute atomic E-state index is 0.0577. The van der Waals surface area contributed by atoms with Crippen LogP contribution in [-0.2, 0) is 0 Å². The first kappa shape index (κ1) is 19.5. The van der Waals surface area contributed by atoms with Crippen molar-refractivity contribution < 1.29 is 9.53 Å². The van der Waals surface area contributed by atoms with Gasteiger partial charge in [-0.2, -0.15) is 5.26 Å². The third kappa shape index (κ3) is 4.26. The first-order valence-corrected chi connectivity index (χ1v) is 9.89. The molecule has 3 aromatic rings. The van der Waals surface area contributed by atoms with Crippen LogP contribution in [0.2, 0.25) is 0 Å². The van der Waals surface area contributed by atoms with Gasteiger partial charge in [-0.25, -0.2) is 4.98 Å². The Labute approximate surface area is 175 Å². The Bertz CT molecular complexity index is 1150. The van der Waals surface area contributed by atoms with Crippen molar-refractivity contribution in [3.8, 4) is 11.8 Å². The molecular formula is C24H22N4O2. The molecule has 150 valence electrons. The van der Waals surface area contributed by atoms with Crippen molar-refractivity contribution in [1.82, 2.24) is 10.3 Å². The fraction of sp³-hybridized carbons (Fsp3) is 0.208. The molecule has 2 aromatic carbocycles. The molecule has 0 unspecified atom stereocenters. The fourth-order valence-corrected chi connectivity index (χ4v) is 3.65. The van der Waals surface area contributed by atoms with Crippen LogP contribution in [0.4, 0.5) is 5.69 Å². The second-order valence-electron chi connectivity index (χ2n) is 7.20. The standard InChI is InChI=1S/C24H22N4O2/c1-30-20-11-9-16(10-12-20)24(29)28-18-6-4-5-17(13-18)26-23-14-19(15-25)27-22-8-3-2-7-21(22)23/h2-3,7-14,17H,4-6H2,1H3,(H,26,27)(H,28,29)/t17-/m0/s1. The van der Waals surface area contributed by atoms with Crippen molar-refractivity contribution in [1.29, 1.82) is 5.26 Å². The smallest absolute Gasteiger partial charge is 0.255 e. The van der Waals surface area contributed by atoms with E-state index in [0.717, 1.165) is 41.5 Å². The molecule has 6 nitrogen and oxygen atoms in total. The number of para-hydroxylation sites is 1. The minimum atomic E-state index is -0.134. The van der Waals surface area contributed by atoms with Crippen molar-refractivity contribution in [2.24, 2.45) is 0 Å². The molecule has 0 bridgehead atoms. The van der Waals surface area contributed by atoms with Crippen molar-refractivity contribution in [3.05, 3.63) is 77.6 Å². The van der Waals surface area contributed by atoms with E-state index in [0.29, 0.717) is 17.0 Å². The van der Waals surface area contributed by atoms with Crippen LogP contribution >= 0.6 is 0 Å². The molecule has 6 heteroatoms. The number of pyridine rings is 1. The van der Waals surface area contributed by atoms with Gasteiger partial charge in [0.25, 0.3) is 5.91 Å². The molecule has 0 saturated carbocycles. The number of anilines is 1. The van der Waals surface area contributed by atoms with Gasteiger partial charge < -0.3 is 15.4 Å². The van der Waals surface area contributed by atoms with E-state index < -0.39 is 0 Å². The summed E-state index contributed by atoms with van der Waals surface area (Å²) in [4.78, 5) is 16.9. The molecule has 1 amide bonds. The zero-order valence-electron chi connectivity index (χ0n) is 16.7. The number of nitrogens with one attached hydrogen (secondary N) is 2. The summed E-state index contributed by atoms with van der Waals surface area (Å²) in [5, 5.41) is 16.8. The van der Waals surface area contributed by atoms with Crippen molar-refractivity contribution in [2.45, 2.75) is 25.3 Å². The Balaban J connectivity index is 1.52. The van der Waals surface area contributed by atoms with Crippen LogP contribution in [0.1, 0.15) is 35.3 Å². The molecule has 0 aliphatic heterocycles. The largest absolute Gasteiger partial charge is 0.497 e. The lowest BCUT2D eigenvalue weighted by Gasteiger charge is -2.24. The lowest BCUT2D eigenvalue weighted by atomic mass is 9.99. The van der Waals surface area contributed by atoms with Gasteiger partial charge in [-0.05, 0) is 61.7 Å². The van der Waals surface area contributed by atoms with Gasteiger partial charge in [-0.15, -0.1) is 0 Å². The topological polar surface area (TPSA) is 87.0 Å². The highest BCUT2D eigenvalue weighted by Gasteiger charge is 2.17. The molecule has 2 N–H and O–H groups in total. The Morgan fingerprint density at radius 3 is 2.77 bits per heavy atom. The van der Waals surface area contributed by atoms with E-state index in [1.165, 1.54) is 0 Å². The average Bonchev–Trinajstić information content (AvgIpc) is 2.79. The van der Waals surface area contributed by atoms with Crippen LogP contribution in [0.25, 0.3) is 10.9 Å². The number of nitrogens with zero attached hydrogens (tertiary/aromatic N) is 2. The van der Waals surface area contributed by atoms with Crippen LogP contribution in [0, 0.1) is 11.3 Å². The number of aromatic nitrogens is 1. The second kappa shape index (κ2) is 8.66. The average molecular weight is 398 g/mol. The van der Waals surface area contributed by atoms with Crippen molar-refractivity contribution in [2.75, 3.05) is 12.4 Å². The van der Waals surface area contributed by atoms with E-state index in [2.05, 4.69) is 27.8 Å². The van der Waals surface area contributed by atoms with Gasteiger partial charge in [0.05, 0.1) is 12.6 Å². The van der Waals surface area contributed by atoms with Gasteiger partial charge in [0, 0.05) is 28.4 Å². The summed E-state index contributed by atoms with van der Waals surface area (Å²) in [7, 11) is 1.60. The van der Waals surface area contributed by atoms with Gasteiger partial charge in [0.15, 0.2) is 0 Å². The number of hydrogen-bond acceptors (Lipinski definition) is 5. The highest BCUT2D eigenvalue weighted by atomic mass is 16.5. The second-order valence-corrected chi connectivity index (χ2v) is 7.20. The van der Waals surface area contributed by atoms with Crippen LogP contribution < -0.4 is 15.4 Å². The molecule has 0 radical (unpaired) electrons. The minimum Gasteiger partial charge on any atom is -0.497 e. The molecule has 1 aliphatic carbocycles. The number of carbonyl (C=O) groups excluding carboxylic acids is 1. The first-order valence-electron chi connectivity index (χ1n) is 9.89. The molecule has 1 aliphatic rings. The normalized spacial score (nSPS) is 15.7. The SMILES string of the molecule is COc1ccc(C(=O)NC2=C[C@@H](Nc3cc(C#N)nc4ccccc34)CCC2)cc1. The third-order valence-corrected chi connectivity index (χ3v) is 5.16. The monoisotopic (exact) mass is 398 g/mol. The van der Waals surface area contributed by atoms with E-state index >= 15 is 0 Å². The first-order chi connectivity index (χ1) is 14.7. The Morgan fingerprint density at radius 1 is 1.20 bits per heavy atom. The Kier molecular flexibility index (Phi) is 5.62. The van der Waals surface area contributed by atoms with Gasteiger partial charge in [-0.1, -0.05) is 18.2 Å². The van der Waals surface area contributed by atoms with E-state index in [9.17, 15) is 10.1 Å². The summed E-state index contributed by atoms with van der Waals surface area (Å²) in [6.45, 7) is 0. The molecule has 4 rings (SSSR count). The maximum Gasteiger partial charge on any atom is 0.255 e. The summed E-state index contributed by atoms with van der Waals surface area (Å²) < 4.78 is 5.14. The van der Waals surface area contributed by atoms with Crippen LogP contribution in [-0.4, -0.2) is 24.0 Å². The molecule has 1 aromatic heterocycles. The van der Waals surface area contributed by atoms with Crippen molar-refractivity contribution >= 4 is 22.5 Å². The summed E-state index contributed by atoms with van der Waals surface area (Å²) in [5.74, 6) is 0.583. The quantitative estimate of drug-likeness (QED) is 0.665. The predicted molar refractivity (Wildman–Crippen MR) is 116 cm³/mol. The molecule has 0 spiro atoms. The number of ether oxygens (including phenoxy) is 1. The van der Waals surface area contributed by atoms with Gasteiger partial charge in [-0.3, -0.25) is 4.79 Å². The Morgan fingerprint density at radius 2 is 2.00 bits per heavy atom. The zero-order chi connectivity index (χ0) is 20.9. The fourth-order valence-electron chi connectivity index (χ4n) is 3.65. The maximum atomic E-state index is 12.6. The lowest BCUT2D eigenvalue weighted by Crippen LogP contribution is -2.29. The molecular weight excluding hydrogens is 376 g/mol. The summed E-state index contributed by atoms with van der Waals surface area (Å²) in [6.07, 6.45) is 4.79. The van der Waals surface area contributed by atoms with E-state index in [1.807, 2.05) is 24.3 Å². The number of carbonyl (C=O) groups is 1. The molecule has 1 atom stereocenters. The van der Waals surface area contributed by atoms with Crippen LogP contribution in [0.15, 0.2) is 66.4 Å². The molecule has 0 fully saturated rings. The number of nitriles is 1. The highest BCUT2D eigenvalue weighted by Crippen LogP contribution is 2.26. The van der Waals surface area contributed by atoms with Crippen molar-refractivity contribution in [3.63, 3.8) is 0 Å². The number of methoxy groups -OCH3 is 1. The number of benzene rings is 2. The highest BCUT2D eigenvalue weighted by molar-refractivity contribution is 5.95. The van der Waals surface area contributed by atoms with Gasteiger partial charge in [0.1, 0.15) is 17.5 Å². The summed E-state index contributed by atoms with van der Waals surface area (Å²) in [6, 6.07) is 18.8.